The molecule has 0 radical (unpaired) electrons. The van der Waals surface area contributed by atoms with E-state index in [9.17, 15) is 13.2 Å². The number of carbonyl (C=O) groups is 1. The Morgan fingerprint density at radius 1 is 1.40 bits per heavy atom. The van der Waals surface area contributed by atoms with Gasteiger partial charge in [-0.2, -0.15) is 0 Å². The first-order valence-electron chi connectivity index (χ1n) is 6.11. The largest absolute Gasteiger partial charge is 0.383 e. The van der Waals surface area contributed by atoms with Crippen molar-refractivity contribution in [2.24, 2.45) is 0 Å². The van der Waals surface area contributed by atoms with E-state index in [0.717, 1.165) is 6.26 Å². The van der Waals surface area contributed by atoms with E-state index in [1.807, 2.05) is 6.92 Å². The number of ether oxygens (including phenoxy) is 1. The number of hydrogen-bond donors (Lipinski definition) is 2. The van der Waals surface area contributed by atoms with Gasteiger partial charge in [-0.1, -0.05) is 0 Å². The Kier molecular flexibility index (Phi) is 5.52. The molecule has 1 aromatic carbocycles. The lowest BCUT2D eigenvalue weighted by Gasteiger charge is -2.14. The number of anilines is 1. The fourth-order valence-electron chi connectivity index (χ4n) is 1.72. The lowest BCUT2D eigenvalue weighted by Crippen LogP contribution is -2.35. The fourth-order valence-corrected chi connectivity index (χ4v) is 2.35. The Balaban J connectivity index is 2.84. The van der Waals surface area contributed by atoms with Crippen LogP contribution in [0.15, 0.2) is 18.2 Å². The monoisotopic (exact) mass is 300 g/mol. The molecular formula is C13H20N2O4S. The van der Waals surface area contributed by atoms with E-state index in [1.165, 1.54) is 0 Å². The summed E-state index contributed by atoms with van der Waals surface area (Å²) < 4.78 is 29.7. The highest BCUT2D eigenvalue weighted by atomic mass is 32.2. The average molecular weight is 300 g/mol. The van der Waals surface area contributed by atoms with Crippen molar-refractivity contribution < 1.29 is 17.9 Å². The smallest absolute Gasteiger partial charge is 0.251 e. The molecule has 1 amide bonds. The van der Waals surface area contributed by atoms with Gasteiger partial charge in [-0.15, -0.1) is 0 Å². The van der Waals surface area contributed by atoms with Gasteiger partial charge in [-0.05, 0) is 37.6 Å². The lowest BCUT2D eigenvalue weighted by atomic mass is 10.1. The second-order valence-electron chi connectivity index (χ2n) is 4.73. The van der Waals surface area contributed by atoms with E-state index in [0.29, 0.717) is 23.4 Å². The third-order valence-electron chi connectivity index (χ3n) is 2.58. The Morgan fingerprint density at radius 2 is 2.05 bits per heavy atom. The molecule has 0 unspecified atom stereocenters. The molecule has 7 heteroatoms. The van der Waals surface area contributed by atoms with Crippen molar-refractivity contribution in [2.45, 2.75) is 19.9 Å². The number of nitrogens with one attached hydrogen (secondary N) is 2. The highest BCUT2D eigenvalue weighted by Gasteiger charge is 2.12. The van der Waals surface area contributed by atoms with Crippen molar-refractivity contribution in [2.75, 3.05) is 24.7 Å². The molecule has 0 aliphatic rings. The van der Waals surface area contributed by atoms with Gasteiger partial charge in [-0.3, -0.25) is 9.52 Å². The second kappa shape index (κ2) is 6.71. The Morgan fingerprint density at radius 3 is 2.55 bits per heavy atom. The second-order valence-corrected chi connectivity index (χ2v) is 6.48. The number of hydrogen-bond acceptors (Lipinski definition) is 4. The summed E-state index contributed by atoms with van der Waals surface area (Å²) in [6.07, 6.45) is 1.08. The summed E-state index contributed by atoms with van der Waals surface area (Å²) in [5.41, 5.74) is 1.63. The van der Waals surface area contributed by atoms with E-state index in [1.54, 1.807) is 32.2 Å². The van der Waals surface area contributed by atoms with E-state index in [2.05, 4.69) is 10.0 Å². The van der Waals surface area contributed by atoms with Crippen LogP contribution in [-0.4, -0.2) is 40.3 Å². The number of benzene rings is 1. The zero-order chi connectivity index (χ0) is 15.3. The van der Waals surface area contributed by atoms with Crippen molar-refractivity contribution in [3.8, 4) is 0 Å². The molecule has 0 aromatic heterocycles. The van der Waals surface area contributed by atoms with Crippen LogP contribution in [0.4, 0.5) is 5.69 Å². The third kappa shape index (κ3) is 5.18. The Hall–Kier alpha value is -1.60. The number of carbonyl (C=O) groups excluding carboxylic acids is 1. The first kappa shape index (κ1) is 16.5. The molecule has 0 saturated heterocycles. The Labute approximate surface area is 119 Å². The van der Waals surface area contributed by atoms with Crippen LogP contribution in [0.5, 0.6) is 0 Å². The molecule has 2 N–H and O–H groups in total. The SMILES string of the molecule is COC[C@@H](C)NC(=O)c1ccc(NS(C)(=O)=O)c(C)c1. The summed E-state index contributed by atoms with van der Waals surface area (Å²) >= 11 is 0. The number of methoxy groups -OCH3 is 1. The van der Waals surface area contributed by atoms with Gasteiger partial charge in [0.05, 0.1) is 18.6 Å². The predicted molar refractivity (Wildman–Crippen MR) is 78.4 cm³/mol. The number of amides is 1. The first-order chi connectivity index (χ1) is 9.23. The van der Waals surface area contributed by atoms with Crippen molar-refractivity contribution in [1.82, 2.24) is 5.32 Å². The van der Waals surface area contributed by atoms with Gasteiger partial charge in [-0.25, -0.2) is 8.42 Å². The standard InChI is InChI=1S/C13H20N2O4S/c1-9-7-11(13(16)14-10(2)8-19-3)5-6-12(9)15-20(4,17)18/h5-7,10,15H,8H2,1-4H3,(H,14,16)/t10-/m1/s1. The zero-order valence-electron chi connectivity index (χ0n) is 12.1. The minimum atomic E-state index is -3.33. The molecule has 112 valence electrons. The van der Waals surface area contributed by atoms with Crippen molar-refractivity contribution in [3.05, 3.63) is 29.3 Å². The summed E-state index contributed by atoms with van der Waals surface area (Å²) in [6.45, 7) is 4.01. The fraction of sp³-hybridized carbons (Fsp3) is 0.462. The minimum absolute atomic E-state index is 0.0957. The van der Waals surface area contributed by atoms with Crippen molar-refractivity contribution >= 4 is 21.6 Å². The van der Waals surface area contributed by atoms with E-state index >= 15 is 0 Å². The number of aryl methyl sites for hydroxylation is 1. The van der Waals surface area contributed by atoms with Gasteiger partial charge < -0.3 is 10.1 Å². The van der Waals surface area contributed by atoms with Gasteiger partial charge in [0.15, 0.2) is 0 Å². The molecule has 0 spiro atoms. The molecule has 0 bridgehead atoms. The summed E-state index contributed by atoms with van der Waals surface area (Å²) in [7, 11) is -1.76. The first-order valence-corrected chi connectivity index (χ1v) is 8.00. The molecule has 0 aliphatic heterocycles. The van der Waals surface area contributed by atoms with Gasteiger partial charge in [0.2, 0.25) is 10.0 Å². The number of sulfonamides is 1. The van der Waals surface area contributed by atoms with Crippen LogP contribution >= 0.6 is 0 Å². The average Bonchev–Trinajstić information content (AvgIpc) is 2.30. The molecule has 0 heterocycles. The van der Waals surface area contributed by atoms with Crippen LogP contribution in [0.1, 0.15) is 22.8 Å². The van der Waals surface area contributed by atoms with Crippen LogP contribution in [0.2, 0.25) is 0 Å². The van der Waals surface area contributed by atoms with Gasteiger partial charge in [0.1, 0.15) is 0 Å². The maximum atomic E-state index is 12.0. The summed E-state index contributed by atoms with van der Waals surface area (Å²) in [5, 5.41) is 2.79. The maximum Gasteiger partial charge on any atom is 0.251 e. The van der Waals surface area contributed by atoms with Crippen LogP contribution in [0.25, 0.3) is 0 Å². The van der Waals surface area contributed by atoms with Crippen LogP contribution in [0.3, 0.4) is 0 Å². The zero-order valence-corrected chi connectivity index (χ0v) is 12.9. The molecule has 1 atom stereocenters. The summed E-state index contributed by atoms with van der Waals surface area (Å²) in [6, 6.07) is 4.70. The molecule has 1 aromatic rings. The molecule has 1 rings (SSSR count). The number of rotatable bonds is 6. The van der Waals surface area contributed by atoms with Crippen LogP contribution < -0.4 is 10.0 Å². The predicted octanol–water partition coefficient (Wildman–Crippen LogP) is 1.13. The summed E-state index contributed by atoms with van der Waals surface area (Å²) in [4.78, 5) is 12.0. The van der Waals surface area contributed by atoms with E-state index in [4.69, 9.17) is 4.74 Å². The Bertz CT molecular complexity index is 584. The van der Waals surface area contributed by atoms with E-state index < -0.39 is 10.0 Å². The topological polar surface area (TPSA) is 84.5 Å². The van der Waals surface area contributed by atoms with Gasteiger partial charge >= 0.3 is 0 Å². The molecule has 0 aliphatic carbocycles. The van der Waals surface area contributed by atoms with Crippen molar-refractivity contribution in [1.29, 1.82) is 0 Å². The normalized spacial score (nSPS) is 12.8. The third-order valence-corrected chi connectivity index (χ3v) is 3.17. The minimum Gasteiger partial charge on any atom is -0.383 e. The van der Waals surface area contributed by atoms with Crippen molar-refractivity contribution in [3.63, 3.8) is 0 Å². The molecular weight excluding hydrogens is 280 g/mol. The molecule has 6 nitrogen and oxygen atoms in total. The maximum absolute atomic E-state index is 12.0. The van der Waals surface area contributed by atoms with Gasteiger partial charge in [0, 0.05) is 18.7 Å². The van der Waals surface area contributed by atoms with Crippen LogP contribution in [-0.2, 0) is 14.8 Å². The summed E-state index contributed by atoms with van der Waals surface area (Å²) in [5.74, 6) is -0.219. The molecule has 0 saturated carbocycles. The quantitative estimate of drug-likeness (QED) is 0.825. The lowest BCUT2D eigenvalue weighted by molar-refractivity contribution is 0.0905. The molecule has 0 fully saturated rings. The van der Waals surface area contributed by atoms with E-state index in [-0.39, 0.29) is 11.9 Å². The molecule has 20 heavy (non-hydrogen) atoms. The highest BCUT2D eigenvalue weighted by molar-refractivity contribution is 7.92. The van der Waals surface area contributed by atoms with Gasteiger partial charge in [0.25, 0.3) is 5.91 Å². The highest BCUT2D eigenvalue weighted by Crippen LogP contribution is 2.17. The van der Waals surface area contributed by atoms with Crippen LogP contribution in [0, 0.1) is 6.92 Å².